The lowest BCUT2D eigenvalue weighted by Gasteiger charge is -2.37. The fraction of sp³-hybridized carbons (Fsp3) is 0.290. The van der Waals surface area contributed by atoms with Gasteiger partial charge >= 0.3 is 0 Å². The molecule has 0 saturated carbocycles. The molecule has 1 atom stereocenters. The van der Waals surface area contributed by atoms with E-state index in [0.717, 1.165) is 40.4 Å². The summed E-state index contributed by atoms with van der Waals surface area (Å²) < 4.78 is 5.28. The first kappa shape index (κ1) is 28.1. The number of hydrogen-bond acceptors (Lipinski definition) is 8. The SMILES string of the molecule is COc1ccccc1C(=O)NCc1ccc(-c2cnc(C3CN(C(=O)c4ccc(NC(=O)[C@@H]5CCCN5)s4)C3)s2)cc1. The van der Waals surface area contributed by atoms with E-state index in [4.69, 9.17) is 4.74 Å². The Morgan fingerprint density at radius 3 is 2.62 bits per heavy atom. The Kier molecular flexibility index (Phi) is 8.31. The molecule has 42 heavy (non-hydrogen) atoms. The number of para-hydroxylation sites is 1. The van der Waals surface area contributed by atoms with Crippen molar-refractivity contribution in [1.29, 1.82) is 0 Å². The third-order valence-corrected chi connectivity index (χ3v) is 9.72. The molecule has 11 heteroatoms. The molecule has 2 aromatic heterocycles. The lowest BCUT2D eigenvalue weighted by Crippen LogP contribution is -2.48. The van der Waals surface area contributed by atoms with Crippen molar-refractivity contribution in [2.24, 2.45) is 0 Å². The highest BCUT2D eigenvalue weighted by Crippen LogP contribution is 2.36. The van der Waals surface area contributed by atoms with Gasteiger partial charge in [-0.2, -0.15) is 0 Å². The molecule has 3 amide bonds. The number of nitrogens with one attached hydrogen (secondary N) is 3. The number of ether oxygens (including phenoxy) is 1. The van der Waals surface area contributed by atoms with Crippen LogP contribution in [0.15, 0.2) is 66.9 Å². The zero-order valence-electron chi connectivity index (χ0n) is 23.1. The number of carbonyl (C=O) groups is 3. The van der Waals surface area contributed by atoms with Gasteiger partial charge in [-0.25, -0.2) is 4.98 Å². The van der Waals surface area contributed by atoms with E-state index in [2.05, 4.69) is 20.9 Å². The predicted molar refractivity (Wildman–Crippen MR) is 164 cm³/mol. The van der Waals surface area contributed by atoms with Gasteiger partial charge in [-0.3, -0.25) is 14.4 Å². The van der Waals surface area contributed by atoms with E-state index < -0.39 is 0 Å². The summed E-state index contributed by atoms with van der Waals surface area (Å²) in [6.45, 7) is 2.53. The zero-order valence-corrected chi connectivity index (χ0v) is 24.7. The second-order valence-corrected chi connectivity index (χ2v) is 12.5. The number of methoxy groups -OCH3 is 1. The highest BCUT2D eigenvalue weighted by Gasteiger charge is 2.35. The lowest BCUT2D eigenvalue weighted by molar-refractivity contribution is -0.117. The summed E-state index contributed by atoms with van der Waals surface area (Å²) in [4.78, 5) is 46.1. The van der Waals surface area contributed by atoms with Crippen LogP contribution in [0.2, 0.25) is 0 Å². The van der Waals surface area contributed by atoms with E-state index in [-0.39, 0.29) is 29.7 Å². The molecule has 9 nitrogen and oxygen atoms in total. The largest absolute Gasteiger partial charge is 0.496 e. The standard InChI is InChI=1S/C31H31N5O4S2/c1-40-24-7-3-2-5-22(24)28(37)33-15-19-8-10-20(11-9-19)26-16-34-30(42-26)21-17-36(18-21)31(39)25-12-13-27(41-25)35-29(38)23-6-4-14-32-23/h2-3,5,7-13,16,21,23,32H,4,6,14-15,17-18H2,1H3,(H,33,37)(H,35,38)/t23-/m0/s1. The average molecular weight is 602 g/mol. The molecule has 2 aliphatic rings. The Hall–Kier alpha value is -4.06. The van der Waals surface area contributed by atoms with Gasteiger partial charge in [-0.05, 0) is 54.8 Å². The fourth-order valence-electron chi connectivity index (χ4n) is 5.10. The third kappa shape index (κ3) is 6.08. The molecule has 4 aromatic rings. The highest BCUT2D eigenvalue weighted by molar-refractivity contribution is 7.18. The molecule has 2 fully saturated rings. The summed E-state index contributed by atoms with van der Waals surface area (Å²) in [6, 6.07) is 18.7. The molecule has 3 N–H and O–H groups in total. The van der Waals surface area contributed by atoms with E-state index in [0.29, 0.717) is 40.8 Å². The van der Waals surface area contributed by atoms with Gasteiger partial charge in [0.15, 0.2) is 0 Å². The number of hydrogen-bond donors (Lipinski definition) is 3. The number of anilines is 1. The third-order valence-electron chi connectivity index (χ3n) is 7.52. The molecule has 2 aromatic carbocycles. The van der Waals surface area contributed by atoms with Crippen molar-refractivity contribution in [2.75, 3.05) is 32.1 Å². The molecular formula is C31H31N5O4S2. The van der Waals surface area contributed by atoms with Crippen LogP contribution in [-0.4, -0.2) is 60.4 Å². The monoisotopic (exact) mass is 601 g/mol. The highest BCUT2D eigenvalue weighted by atomic mass is 32.1. The Morgan fingerprint density at radius 2 is 1.86 bits per heavy atom. The number of aromatic nitrogens is 1. The first-order chi connectivity index (χ1) is 20.5. The second kappa shape index (κ2) is 12.4. The van der Waals surface area contributed by atoms with Crippen molar-refractivity contribution in [2.45, 2.75) is 31.3 Å². The summed E-state index contributed by atoms with van der Waals surface area (Å²) in [5.41, 5.74) is 2.56. The first-order valence-corrected chi connectivity index (χ1v) is 15.5. The number of thiophene rings is 1. The molecule has 216 valence electrons. The second-order valence-electron chi connectivity index (χ2n) is 10.4. The van der Waals surface area contributed by atoms with Crippen LogP contribution in [-0.2, 0) is 11.3 Å². The maximum atomic E-state index is 13.0. The van der Waals surface area contributed by atoms with Crippen molar-refractivity contribution in [3.05, 3.63) is 87.9 Å². The number of amides is 3. The Labute approximate surface area is 251 Å². The molecular weight excluding hydrogens is 571 g/mol. The summed E-state index contributed by atoms with van der Waals surface area (Å²) in [5, 5.41) is 10.8. The maximum Gasteiger partial charge on any atom is 0.264 e. The molecule has 0 unspecified atom stereocenters. The van der Waals surface area contributed by atoms with E-state index in [1.54, 1.807) is 42.7 Å². The van der Waals surface area contributed by atoms with Crippen LogP contribution in [0.4, 0.5) is 5.00 Å². The van der Waals surface area contributed by atoms with Crippen LogP contribution in [0.25, 0.3) is 10.4 Å². The van der Waals surface area contributed by atoms with Gasteiger partial charge in [0.1, 0.15) is 5.75 Å². The molecule has 0 bridgehead atoms. The average Bonchev–Trinajstić information content (AvgIpc) is 3.78. The number of rotatable bonds is 9. The van der Waals surface area contributed by atoms with Crippen LogP contribution in [0.5, 0.6) is 5.75 Å². The van der Waals surface area contributed by atoms with Gasteiger partial charge in [0, 0.05) is 31.7 Å². The van der Waals surface area contributed by atoms with Crippen LogP contribution in [0, 0.1) is 0 Å². The Balaban J connectivity index is 0.993. The van der Waals surface area contributed by atoms with E-state index in [1.165, 1.54) is 11.3 Å². The first-order valence-electron chi connectivity index (χ1n) is 13.9. The molecule has 2 aliphatic heterocycles. The molecule has 6 rings (SSSR count). The van der Waals surface area contributed by atoms with E-state index in [1.807, 2.05) is 47.5 Å². The van der Waals surface area contributed by atoms with Crippen molar-refractivity contribution in [3.8, 4) is 16.2 Å². The summed E-state index contributed by atoms with van der Waals surface area (Å²) in [5.74, 6) is 0.525. The van der Waals surface area contributed by atoms with Gasteiger partial charge in [0.25, 0.3) is 11.8 Å². The number of nitrogens with zero attached hydrogens (tertiary/aromatic N) is 2. The van der Waals surface area contributed by atoms with E-state index in [9.17, 15) is 14.4 Å². The summed E-state index contributed by atoms with van der Waals surface area (Å²) in [6.07, 6.45) is 3.73. The number of carbonyl (C=O) groups excluding carboxylic acids is 3. The van der Waals surface area contributed by atoms with Gasteiger partial charge in [-0.15, -0.1) is 22.7 Å². The topological polar surface area (TPSA) is 113 Å². The van der Waals surface area contributed by atoms with Crippen LogP contribution < -0.4 is 20.7 Å². The number of benzene rings is 2. The quantitative estimate of drug-likeness (QED) is 0.256. The number of likely N-dealkylation sites (tertiary alicyclic amines) is 1. The molecule has 4 heterocycles. The van der Waals surface area contributed by atoms with Crippen molar-refractivity contribution < 1.29 is 19.1 Å². The van der Waals surface area contributed by atoms with E-state index >= 15 is 0 Å². The zero-order chi connectivity index (χ0) is 29.1. The minimum absolute atomic E-state index is 0.0130. The van der Waals surface area contributed by atoms with Gasteiger partial charge in [0.2, 0.25) is 5.91 Å². The number of thiazole rings is 1. The molecule has 0 spiro atoms. The molecule has 0 radical (unpaired) electrons. The normalized spacial score (nSPS) is 16.6. The van der Waals surface area contributed by atoms with Crippen molar-refractivity contribution >= 4 is 45.4 Å². The Bertz CT molecular complexity index is 1590. The predicted octanol–water partition coefficient (Wildman–Crippen LogP) is 4.74. The van der Waals surface area contributed by atoms with Gasteiger partial charge in [0.05, 0.1) is 38.5 Å². The van der Waals surface area contributed by atoms with Crippen molar-refractivity contribution in [3.63, 3.8) is 0 Å². The van der Waals surface area contributed by atoms with Crippen LogP contribution in [0.3, 0.4) is 0 Å². The minimum Gasteiger partial charge on any atom is -0.496 e. The molecule has 0 aliphatic carbocycles. The summed E-state index contributed by atoms with van der Waals surface area (Å²) >= 11 is 2.96. The molecule has 2 saturated heterocycles. The van der Waals surface area contributed by atoms with Crippen LogP contribution in [0.1, 0.15) is 49.4 Å². The fourth-order valence-corrected chi connectivity index (χ4v) is 6.98. The smallest absolute Gasteiger partial charge is 0.264 e. The minimum atomic E-state index is -0.181. The van der Waals surface area contributed by atoms with Crippen molar-refractivity contribution in [1.82, 2.24) is 20.5 Å². The van der Waals surface area contributed by atoms with Crippen LogP contribution >= 0.6 is 22.7 Å². The summed E-state index contributed by atoms with van der Waals surface area (Å²) in [7, 11) is 1.55. The van der Waals surface area contributed by atoms with Gasteiger partial charge in [-0.1, -0.05) is 36.4 Å². The van der Waals surface area contributed by atoms with Gasteiger partial charge < -0.3 is 25.6 Å². The lowest BCUT2D eigenvalue weighted by atomic mass is 10.0. The Morgan fingerprint density at radius 1 is 1.05 bits per heavy atom. The maximum absolute atomic E-state index is 13.0.